The van der Waals surface area contributed by atoms with Crippen molar-refractivity contribution in [3.05, 3.63) is 48.5 Å². The average Bonchev–Trinajstić information content (AvgIpc) is 2.51. The van der Waals surface area contributed by atoms with Crippen LogP contribution < -0.4 is 16.5 Å². The molecule has 0 saturated carbocycles. The summed E-state index contributed by atoms with van der Waals surface area (Å²) in [6, 6.07) is 15.7. The van der Waals surface area contributed by atoms with E-state index in [4.69, 9.17) is 15.0 Å². The molecule has 1 heterocycles. The van der Waals surface area contributed by atoms with Gasteiger partial charge in [0.15, 0.2) is 0 Å². The normalized spacial score (nSPS) is 15.1. The van der Waals surface area contributed by atoms with E-state index in [2.05, 4.69) is 5.32 Å². The molecular weight excluding hydrogens is 251 g/mol. The Morgan fingerprint density at radius 2 is 1.80 bits per heavy atom. The topological polar surface area (TPSA) is 56.5 Å². The van der Waals surface area contributed by atoms with Crippen molar-refractivity contribution in [1.82, 2.24) is 0 Å². The van der Waals surface area contributed by atoms with Gasteiger partial charge < -0.3 is 20.4 Å². The van der Waals surface area contributed by atoms with E-state index in [-0.39, 0.29) is 7.12 Å². The van der Waals surface area contributed by atoms with E-state index < -0.39 is 0 Å². The van der Waals surface area contributed by atoms with E-state index in [0.29, 0.717) is 0 Å². The molecule has 1 aliphatic heterocycles. The molecule has 2 aromatic carbocycles. The number of anilines is 3. The van der Waals surface area contributed by atoms with Crippen LogP contribution in [0.15, 0.2) is 48.5 Å². The summed E-state index contributed by atoms with van der Waals surface area (Å²) in [5.74, 6) is 0. The predicted octanol–water partition coefficient (Wildman–Crippen LogP) is 2.14. The number of nitrogen functional groups attached to an aromatic ring is 1. The van der Waals surface area contributed by atoms with Gasteiger partial charge in [0.2, 0.25) is 0 Å². The smallest absolute Gasteiger partial charge is 0.407 e. The van der Waals surface area contributed by atoms with Gasteiger partial charge >= 0.3 is 7.12 Å². The van der Waals surface area contributed by atoms with E-state index in [1.165, 1.54) is 0 Å². The third kappa shape index (κ3) is 2.95. The van der Waals surface area contributed by atoms with Gasteiger partial charge in [0.25, 0.3) is 0 Å². The largest absolute Gasteiger partial charge is 0.493 e. The monoisotopic (exact) mass is 268 g/mol. The van der Waals surface area contributed by atoms with Crippen molar-refractivity contribution >= 4 is 29.6 Å². The summed E-state index contributed by atoms with van der Waals surface area (Å²) >= 11 is 0. The summed E-state index contributed by atoms with van der Waals surface area (Å²) in [6.07, 6.45) is 0.953. The third-order valence-corrected chi connectivity index (χ3v) is 3.23. The maximum atomic E-state index is 5.94. The summed E-state index contributed by atoms with van der Waals surface area (Å²) in [7, 11) is -0.265. The number of para-hydroxylation sites is 2. The van der Waals surface area contributed by atoms with E-state index in [0.717, 1.165) is 42.2 Å². The summed E-state index contributed by atoms with van der Waals surface area (Å²) in [5.41, 5.74) is 9.55. The first-order valence-corrected chi connectivity index (χ1v) is 6.77. The van der Waals surface area contributed by atoms with E-state index in [1.807, 2.05) is 48.5 Å². The predicted molar refractivity (Wildman–Crippen MR) is 82.5 cm³/mol. The van der Waals surface area contributed by atoms with Crippen molar-refractivity contribution in [1.29, 1.82) is 0 Å². The molecule has 102 valence electrons. The molecule has 0 radical (unpaired) electrons. The summed E-state index contributed by atoms with van der Waals surface area (Å²) in [5, 5.41) is 3.32. The van der Waals surface area contributed by atoms with Crippen LogP contribution in [0.4, 0.5) is 17.1 Å². The van der Waals surface area contributed by atoms with Gasteiger partial charge in [-0.05, 0) is 36.1 Å². The number of hydrogen-bond acceptors (Lipinski definition) is 4. The van der Waals surface area contributed by atoms with E-state index >= 15 is 0 Å². The van der Waals surface area contributed by atoms with Gasteiger partial charge in [0.1, 0.15) is 0 Å². The first-order chi connectivity index (χ1) is 9.83. The number of nitrogens with one attached hydrogen (secondary N) is 1. The Kier molecular flexibility index (Phi) is 3.90. The Balaban J connectivity index is 1.79. The zero-order valence-electron chi connectivity index (χ0n) is 11.2. The second-order valence-electron chi connectivity index (χ2n) is 4.76. The Bertz CT molecular complexity index is 586. The minimum atomic E-state index is -0.265. The van der Waals surface area contributed by atoms with E-state index in [9.17, 15) is 0 Å². The van der Waals surface area contributed by atoms with Crippen LogP contribution in [0.25, 0.3) is 0 Å². The highest BCUT2D eigenvalue weighted by atomic mass is 16.6. The Morgan fingerprint density at radius 3 is 2.60 bits per heavy atom. The van der Waals surface area contributed by atoms with Crippen LogP contribution in [0.5, 0.6) is 0 Å². The van der Waals surface area contributed by atoms with Gasteiger partial charge in [-0.1, -0.05) is 24.3 Å². The van der Waals surface area contributed by atoms with Crippen LogP contribution in [0.2, 0.25) is 0 Å². The molecule has 2 aromatic rings. The molecule has 1 fully saturated rings. The van der Waals surface area contributed by atoms with Crippen LogP contribution in [0.1, 0.15) is 6.42 Å². The molecule has 3 N–H and O–H groups in total. The summed E-state index contributed by atoms with van der Waals surface area (Å²) < 4.78 is 11.2. The number of nitrogens with two attached hydrogens (primary N) is 1. The molecule has 3 rings (SSSR count). The molecule has 0 bridgehead atoms. The fourth-order valence-electron chi connectivity index (χ4n) is 2.21. The Morgan fingerprint density at radius 1 is 1.00 bits per heavy atom. The fraction of sp³-hybridized carbons (Fsp3) is 0.200. The van der Waals surface area contributed by atoms with Gasteiger partial charge in [-0.2, -0.15) is 0 Å². The van der Waals surface area contributed by atoms with Crippen LogP contribution >= 0.6 is 0 Å². The fourth-order valence-corrected chi connectivity index (χ4v) is 2.21. The lowest BCUT2D eigenvalue weighted by atomic mass is 9.78. The lowest BCUT2D eigenvalue weighted by Crippen LogP contribution is -2.40. The first kappa shape index (κ1) is 13.0. The Labute approximate surface area is 119 Å². The molecule has 0 amide bonds. The van der Waals surface area contributed by atoms with Gasteiger partial charge in [-0.25, -0.2) is 0 Å². The highest BCUT2D eigenvalue weighted by Gasteiger charge is 2.24. The SMILES string of the molecule is Nc1ccccc1Nc1cccc(B2OCCCO2)c1. The Hall–Kier alpha value is -1.98. The number of hydrogen-bond donors (Lipinski definition) is 2. The van der Waals surface area contributed by atoms with Crippen molar-refractivity contribution in [3.63, 3.8) is 0 Å². The molecule has 1 saturated heterocycles. The van der Waals surface area contributed by atoms with Gasteiger partial charge in [-0.15, -0.1) is 0 Å². The third-order valence-electron chi connectivity index (χ3n) is 3.23. The van der Waals surface area contributed by atoms with Crippen LogP contribution in [-0.2, 0) is 9.31 Å². The van der Waals surface area contributed by atoms with Gasteiger partial charge in [-0.3, -0.25) is 0 Å². The quantitative estimate of drug-likeness (QED) is 0.661. The first-order valence-electron chi connectivity index (χ1n) is 6.77. The molecule has 0 aliphatic carbocycles. The molecule has 0 spiro atoms. The minimum Gasteiger partial charge on any atom is -0.407 e. The van der Waals surface area contributed by atoms with E-state index in [1.54, 1.807) is 0 Å². The van der Waals surface area contributed by atoms with Crippen molar-refractivity contribution < 1.29 is 9.31 Å². The molecule has 0 aromatic heterocycles. The zero-order valence-corrected chi connectivity index (χ0v) is 11.2. The summed E-state index contributed by atoms with van der Waals surface area (Å²) in [6.45, 7) is 1.49. The standard InChI is InChI=1S/C15H17BN2O2/c17-14-7-1-2-8-15(14)18-13-6-3-5-12(11-13)16-19-9-4-10-20-16/h1-3,5-8,11,18H,4,9-10,17H2. The van der Waals surface area contributed by atoms with Crippen molar-refractivity contribution in [2.45, 2.75) is 6.42 Å². The number of rotatable bonds is 3. The minimum absolute atomic E-state index is 0.265. The zero-order chi connectivity index (χ0) is 13.8. The molecular formula is C15H17BN2O2. The molecule has 0 atom stereocenters. The van der Waals surface area contributed by atoms with Crippen molar-refractivity contribution in [2.75, 3.05) is 24.3 Å². The molecule has 4 nitrogen and oxygen atoms in total. The van der Waals surface area contributed by atoms with Crippen LogP contribution in [-0.4, -0.2) is 20.3 Å². The number of benzene rings is 2. The molecule has 0 unspecified atom stereocenters. The molecule has 1 aliphatic rings. The highest BCUT2D eigenvalue weighted by molar-refractivity contribution is 6.61. The lowest BCUT2D eigenvalue weighted by molar-refractivity contribution is 0.143. The maximum absolute atomic E-state index is 5.94. The van der Waals surface area contributed by atoms with Crippen LogP contribution in [0, 0.1) is 0 Å². The second kappa shape index (κ2) is 5.99. The van der Waals surface area contributed by atoms with Gasteiger partial charge in [0.05, 0.1) is 11.4 Å². The maximum Gasteiger partial charge on any atom is 0.493 e. The molecule has 20 heavy (non-hydrogen) atoms. The van der Waals surface area contributed by atoms with Gasteiger partial charge in [0, 0.05) is 18.9 Å². The van der Waals surface area contributed by atoms with Crippen LogP contribution in [0.3, 0.4) is 0 Å². The lowest BCUT2D eigenvalue weighted by Gasteiger charge is -2.20. The summed E-state index contributed by atoms with van der Waals surface area (Å²) in [4.78, 5) is 0. The second-order valence-corrected chi connectivity index (χ2v) is 4.76. The average molecular weight is 268 g/mol. The van der Waals surface area contributed by atoms with Crippen molar-refractivity contribution in [2.24, 2.45) is 0 Å². The molecule has 5 heteroatoms. The van der Waals surface area contributed by atoms with Crippen molar-refractivity contribution in [3.8, 4) is 0 Å². The highest BCUT2D eigenvalue weighted by Crippen LogP contribution is 2.21.